The number of urea groups is 1. The molecule has 1 aromatic rings. The summed E-state index contributed by atoms with van der Waals surface area (Å²) in [5, 5.41) is 2.89. The molecule has 1 aliphatic heterocycles. The van der Waals surface area contributed by atoms with E-state index >= 15 is 0 Å². The fourth-order valence-corrected chi connectivity index (χ4v) is 7.05. The van der Waals surface area contributed by atoms with Crippen molar-refractivity contribution in [3.63, 3.8) is 0 Å². The summed E-state index contributed by atoms with van der Waals surface area (Å²) in [5.41, 5.74) is -0.716. The summed E-state index contributed by atoms with van der Waals surface area (Å²) < 4.78 is 5.21. The Kier molecular flexibility index (Phi) is 4.46. The molecule has 4 saturated carbocycles. The maximum atomic E-state index is 13.5. The van der Waals surface area contributed by atoms with Crippen LogP contribution in [0.4, 0.5) is 4.79 Å². The molecule has 30 heavy (non-hydrogen) atoms. The van der Waals surface area contributed by atoms with Gasteiger partial charge >= 0.3 is 6.03 Å². The summed E-state index contributed by atoms with van der Waals surface area (Å²) in [7, 11) is 1.59. The Morgan fingerprint density at radius 3 is 2.13 bits per heavy atom. The fraction of sp³-hybridized carbons (Fsp3) is 0.625. The van der Waals surface area contributed by atoms with Crippen molar-refractivity contribution in [3.8, 4) is 5.75 Å². The molecule has 0 radical (unpaired) electrons. The maximum absolute atomic E-state index is 13.5. The second-order valence-corrected chi connectivity index (χ2v) is 9.93. The third kappa shape index (κ3) is 2.79. The second-order valence-electron chi connectivity index (χ2n) is 9.93. The first kappa shape index (κ1) is 19.6. The first-order valence-corrected chi connectivity index (χ1v) is 11.2. The van der Waals surface area contributed by atoms with Gasteiger partial charge in [-0.1, -0.05) is 19.1 Å². The lowest BCUT2D eigenvalue weighted by molar-refractivity contribution is -0.147. The summed E-state index contributed by atoms with van der Waals surface area (Å²) in [6.45, 7) is 1.78. The van der Waals surface area contributed by atoms with Gasteiger partial charge in [-0.3, -0.25) is 14.5 Å². The van der Waals surface area contributed by atoms with Crippen LogP contribution in [0.15, 0.2) is 24.3 Å². The number of nitrogens with zero attached hydrogens (tertiary/aromatic N) is 1. The van der Waals surface area contributed by atoms with Gasteiger partial charge in [0.1, 0.15) is 11.3 Å². The highest BCUT2D eigenvalue weighted by Gasteiger charge is 2.57. The van der Waals surface area contributed by atoms with Crippen LogP contribution in [0.5, 0.6) is 5.75 Å². The molecule has 3 amide bonds. The van der Waals surface area contributed by atoms with Gasteiger partial charge < -0.3 is 10.1 Å². The van der Waals surface area contributed by atoms with E-state index in [1.54, 1.807) is 19.2 Å². The minimum Gasteiger partial charge on any atom is -0.497 e. The predicted octanol–water partition coefficient (Wildman–Crippen LogP) is 3.64. The molecule has 0 aromatic heterocycles. The molecule has 5 aliphatic rings. The van der Waals surface area contributed by atoms with E-state index in [2.05, 4.69) is 5.32 Å². The van der Waals surface area contributed by atoms with Gasteiger partial charge in [-0.25, -0.2) is 4.79 Å². The van der Waals surface area contributed by atoms with E-state index in [1.807, 2.05) is 19.1 Å². The summed E-state index contributed by atoms with van der Waals surface area (Å²) in [5.74, 6) is 2.41. The number of nitrogens with one attached hydrogen (secondary N) is 1. The number of ketones is 1. The number of benzene rings is 1. The Bertz CT molecular complexity index is 858. The largest absolute Gasteiger partial charge is 0.497 e. The van der Waals surface area contributed by atoms with Gasteiger partial charge in [0.05, 0.1) is 13.7 Å². The SMILES string of the molecule is CC[C@@]1(c2ccc(OC)cc2)NC(=O)N(CC(=O)C23CC4CC(CC(C4)C2)C3)C1=O. The van der Waals surface area contributed by atoms with Crippen molar-refractivity contribution in [2.45, 2.75) is 57.4 Å². The van der Waals surface area contributed by atoms with Crippen molar-refractivity contribution in [2.75, 3.05) is 13.7 Å². The van der Waals surface area contributed by atoms with E-state index in [-0.39, 0.29) is 23.7 Å². The Balaban J connectivity index is 1.38. The lowest BCUT2D eigenvalue weighted by Crippen LogP contribution is -2.53. The van der Waals surface area contributed by atoms with Gasteiger partial charge in [0.2, 0.25) is 0 Å². The highest BCUT2D eigenvalue weighted by molar-refractivity contribution is 6.10. The molecule has 4 aliphatic carbocycles. The van der Waals surface area contributed by atoms with E-state index in [0.717, 1.165) is 24.2 Å². The van der Waals surface area contributed by atoms with Crippen LogP contribution in [0.3, 0.4) is 0 Å². The summed E-state index contributed by atoms with van der Waals surface area (Å²) in [6.07, 6.45) is 7.02. The van der Waals surface area contributed by atoms with Crippen molar-refractivity contribution in [1.82, 2.24) is 10.2 Å². The number of hydrogen-bond donors (Lipinski definition) is 1. The van der Waals surface area contributed by atoms with Crippen LogP contribution in [-0.2, 0) is 15.1 Å². The Hall–Kier alpha value is -2.37. The molecule has 1 aromatic carbocycles. The quantitative estimate of drug-likeness (QED) is 0.727. The third-order valence-corrected chi connectivity index (χ3v) is 8.22. The van der Waals surface area contributed by atoms with E-state index < -0.39 is 11.6 Å². The van der Waals surface area contributed by atoms with Crippen LogP contribution >= 0.6 is 0 Å². The lowest BCUT2D eigenvalue weighted by atomic mass is 9.48. The number of ether oxygens (including phenoxy) is 1. The molecule has 4 bridgehead atoms. The minimum atomic E-state index is -1.12. The number of Topliss-reactive ketones (excluding diaryl/α,β-unsaturated/α-hetero) is 1. The smallest absolute Gasteiger partial charge is 0.325 e. The average Bonchev–Trinajstić information content (AvgIpc) is 2.98. The highest BCUT2D eigenvalue weighted by Crippen LogP contribution is 2.60. The molecule has 6 heteroatoms. The van der Waals surface area contributed by atoms with E-state index in [9.17, 15) is 14.4 Å². The molecule has 160 valence electrons. The first-order valence-electron chi connectivity index (χ1n) is 11.2. The van der Waals surface area contributed by atoms with Crippen molar-refractivity contribution in [1.29, 1.82) is 0 Å². The maximum Gasteiger partial charge on any atom is 0.325 e. The number of amides is 3. The van der Waals surface area contributed by atoms with Crippen LogP contribution in [0.1, 0.15) is 57.4 Å². The number of carbonyl (C=O) groups is 3. The van der Waals surface area contributed by atoms with Gasteiger partial charge in [-0.2, -0.15) is 0 Å². The number of hydrogen-bond acceptors (Lipinski definition) is 4. The lowest BCUT2D eigenvalue weighted by Gasteiger charge is -2.56. The number of imide groups is 1. The van der Waals surface area contributed by atoms with Gasteiger partial charge in [0.15, 0.2) is 5.78 Å². The molecule has 5 fully saturated rings. The summed E-state index contributed by atoms with van der Waals surface area (Å²) in [4.78, 5) is 40.9. The van der Waals surface area contributed by atoms with Gasteiger partial charge in [0, 0.05) is 5.41 Å². The topological polar surface area (TPSA) is 75.7 Å². The molecule has 6 nitrogen and oxygen atoms in total. The van der Waals surface area contributed by atoms with Crippen LogP contribution in [0, 0.1) is 23.2 Å². The molecule has 1 heterocycles. The molecule has 1 saturated heterocycles. The molecule has 1 N–H and O–H groups in total. The Morgan fingerprint density at radius 2 is 1.63 bits per heavy atom. The van der Waals surface area contributed by atoms with Gasteiger partial charge in [0.25, 0.3) is 5.91 Å². The predicted molar refractivity (Wildman–Crippen MR) is 111 cm³/mol. The van der Waals surface area contributed by atoms with Crippen LogP contribution in [0.25, 0.3) is 0 Å². The fourth-order valence-electron chi connectivity index (χ4n) is 7.05. The van der Waals surface area contributed by atoms with Gasteiger partial charge in [-0.05, 0) is 80.4 Å². The molecule has 0 unspecified atom stereocenters. The van der Waals surface area contributed by atoms with Gasteiger partial charge in [-0.15, -0.1) is 0 Å². The summed E-state index contributed by atoms with van der Waals surface area (Å²) >= 11 is 0. The Morgan fingerprint density at radius 1 is 1.07 bits per heavy atom. The number of rotatable bonds is 6. The first-order chi connectivity index (χ1) is 14.4. The normalized spacial score (nSPS) is 36.9. The Labute approximate surface area is 177 Å². The van der Waals surface area contributed by atoms with Crippen molar-refractivity contribution in [3.05, 3.63) is 29.8 Å². The highest BCUT2D eigenvalue weighted by atomic mass is 16.5. The standard InChI is InChI=1S/C24H30N2O4/c1-3-24(18-4-6-19(30-2)7-5-18)21(28)26(22(29)25-24)14-20(27)23-11-15-8-16(12-23)10-17(9-15)13-23/h4-7,15-17H,3,8-14H2,1-2H3,(H,25,29)/t15?,16?,17?,23?,24-/m0/s1. The zero-order chi connectivity index (χ0) is 21.1. The van der Waals surface area contributed by atoms with Crippen LogP contribution < -0.4 is 10.1 Å². The molecular weight excluding hydrogens is 380 g/mol. The molecule has 1 atom stereocenters. The van der Waals surface area contributed by atoms with Crippen LogP contribution in [-0.4, -0.2) is 36.3 Å². The molecular formula is C24H30N2O4. The van der Waals surface area contributed by atoms with E-state index in [0.29, 0.717) is 35.5 Å². The zero-order valence-corrected chi connectivity index (χ0v) is 17.8. The monoisotopic (exact) mass is 410 g/mol. The zero-order valence-electron chi connectivity index (χ0n) is 17.8. The van der Waals surface area contributed by atoms with Crippen molar-refractivity contribution < 1.29 is 19.1 Å². The average molecular weight is 411 g/mol. The van der Waals surface area contributed by atoms with Crippen molar-refractivity contribution in [2.24, 2.45) is 23.2 Å². The second kappa shape index (κ2) is 6.82. The minimum absolute atomic E-state index is 0.0896. The van der Waals surface area contributed by atoms with E-state index in [4.69, 9.17) is 4.74 Å². The molecule has 0 spiro atoms. The third-order valence-electron chi connectivity index (χ3n) is 8.22. The van der Waals surface area contributed by atoms with Crippen molar-refractivity contribution >= 4 is 17.7 Å². The van der Waals surface area contributed by atoms with Crippen LogP contribution in [0.2, 0.25) is 0 Å². The summed E-state index contributed by atoms with van der Waals surface area (Å²) in [6, 6.07) is 6.73. The molecule has 6 rings (SSSR count). The number of methoxy groups -OCH3 is 1. The van der Waals surface area contributed by atoms with E-state index in [1.165, 1.54) is 19.3 Å². The number of carbonyl (C=O) groups excluding carboxylic acids is 3.